The van der Waals surface area contributed by atoms with E-state index >= 15 is 0 Å². The molecule has 3 nitrogen and oxygen atoms in total. The number of allylic oxidation sites excluding steroid dienone is 2. The van der Waals surface area contributed by atoms with Crippen LogP contribution in [0.25, 0.3) is 5.57 Å². The van der Waals surface area contributed by atoms with Gasteiger partial charge in [0.05, 0.1) is 0 Å². The summed E-state index contributed by atoms with van der Waals surface area (Å²) < 4.78 is 10.4. The molecule has 0 spiro atoms. The molecule has 0 aliphatic carbocycles. The van der Waals surface area contributed by atoms with Crippen LogP contribution in [0.1, 0.15) is 5.56 Å². The Morgan fingerprint density at radius 1 is 1.00 bits per heavy atom. The second-order valence-corrected chi connectivity index (χ2v) is 6.73. The molecule has 0 N–H and O–H groups in total. The molecule has 4 rings (SSSR count). The smallest absolute Gasteiger partial charge is 0.148 e. The third kappa shape index (κ3) is 3.21. The van der Waals surface area contributed by atoms with Gasteiger partial charge in [-0.15, -0.1) is 0 Å². The average Bonchev–Trinajstić information content (AvgIpc) is 2.64. The van der Waals surface area contributed by atoms with Crippen LogP contribution in [0.4, 0.5) is 0 Å². The molecule has 2 aliphatic rings. The fourth-order valence-corrected chi connectivity index (χ4v) is 3.46. The van der Waals surface area contributed by atoms with E-state index < -0.39 is 0 Å². The number of hydrogen-bond acceptors (Lipinski definition) is 4. The Bertz CT molecular complexity index is 825. The quantitative estimate of drug-likeness (QED) is 0.689. The molecule has 0 unspecified atom stereocenters. The Kier molecular flexibility index (Phi) is 4.32. The molecule has 0 saturated carbocycles. The van der Waals surface area contributed by atoms with E-state index in [4.69, 9.17) is 16.3 Å². The van der Waals surface area contributed by atoms with Gasteiger partial charge in [-0.3, -0.25) is 0 Å². The van der Waals surface area contributed by atoms with Crippen LogP contribution in [0, 0.1) is 0 Å². The normalized spacial score (nSPS) is 16.3. The van der Waals surface area contributed by atoms with Crippen molar-refractivity contribution in [2.24, 2.45) is 4.40 Å². The summed E-state index contributed by atoms with van der Waals surface area (Å²) in [6.45, 7) is 0.995. The molecule has 0 fully saturated rings. The highest BCUT2D eigenvalue weighted by molar-refractivity contribution is 7.98. The van der Waals surface area contributed by atoms with E-state index in [0.717, 1.165) is 40.8 Å². The topological polar surface area (TPSA) is 24.8 Å². The molecule has 0 atom stereocenters. The second kappa shape index (κ2) is 6.75. The number of nitrogens with zero attached hydrogens (tertiary/aromatic N) is 2. The van der Waals surface area contributed by atoms with E-state index in [-0.39, 0.29) is 0 Å². The SMILES string of the molecule is Clc1ccc(Oc2ccc(C3=CC=CN4CCSN=C34)cc2)cc1. The minimum Gasteiger partial charge on any atom is -0.457 e. The van der Waals surface area contributed by atoms with Gasteiger partial charge in [0.15, 0.2) is 0 Å². The van der Waals surface area contributed by atoms with Crippen molar-refractivity contribution in [1.82, 2.24) is 4.90 Å². The van der Waals surface area contributed by atoms with Crippen LogP contribution in [0.15, 0.2) is 71.3 Å². The second-order valence-electron chi connectivity index (χ2n) is 5.44. The summed E-state index contributed by atoms with van der Waals surface area (Å²) in [5.74, 6) is 3.62. The summed E-state index contributed by atoms with van der Waals surface area (Å²) in [6.07, 6.45) is 6.26. The summed E-state index contributed by atoms with van der Waals surface area (Å²) >= 11 is 7.51. The lowest BCUT2D eigenvalue weighted by Gasteiger charge is -2.29. The predicted molar refractivity (Wildman–Crippen MR) is 102 cm³/mol. The number of ether oxygens (including phenoxy) is 1. The van der Waals surface area contributed by atoms with Gasteiger partial charge in [-0.05, 0) is 66.1 Å². The lowest BCUT2D eigenvalue weighted by Crippen LogP contribution is -2.32. The zero-order valence-electron chi connectivity index (χ0n) is 12.9. The number of benzene rings is 2. The lowest BCUT2D eigenvalue weighted by molar-refractivity contribution is 0.482. The Balaban J connectivity index is 1.55. The number of fused-ring (bicyclic) bond motifs is 1. The third-order valence-electron chi connectivity index (χ3n) is 3.83. The summed E-state index contributed by atoms with van der Waals surface area (Å²) in [6, 6.07) is 15.4. The van der Waals surface area contributed by atoms with Crippen LogP contribution in [0.5, 0.6) is 11.5 Å². The van der Waals surface area contributed by atoms with Crippen molar-refractivity contribution < 1.29 is 4.74 Å². The molecular formula is C19H15ClN2OS. The van der Waals surface area contributed by atoms with Crippen molar-refractivity contribution in [1.29, 1.82) is 0 Å². The first-order valence-electron chi connectivity index (χ1n) is 7.69. The molecule has 120 valence electrons. The maximum absolute atomic E-state index is 5.89. The fourth-order valence-electron chi connectivity index (χ4n) is 2.64. The molecular weight excluding hydrogens is 340 g/mol. The van der Waals surface area contributed by atoms with E-state index in [1.54, 1.807) is 11.9 Å². The van der Waals surface area contributed by atoms with E-state index in [1.807, 2.05) is 36.4 Å². The van der Waals surface area contributed by atoms with Crippen LogP contribution in [-0.2, 0) is 0 Å². The van der Waals surface area contributed by atoms with Crippen molar-refractivity contribution in [3.05, 3.63) is 77.5 Å². The first kappa shape index (κ1) is 15.4. The standard InChI is InChI=1S/C19H15ClN2OS/c20-15-5-9-17(10-6-15)23-16-7-3-14(4-8-16)18-2-1-11-22-12-13-24-21-19(18)22/h1-11H,12-13H2. The van der Waals surface area contributed by atoms with Gasteiger partial charge in [0.1, 0.15) is 17.3 Å². The Morgan fingerprint density at radius 2 is 1.71 bits per heavy atom. The van der Waals surface area contributed by atoms with Crippen molar-refractivity contribution in [2.45, 2.75) is 0 Å². The highest BCUT2D eigenvalue weighted by Crippen LogP contribution is 2.29. The van der Waals surface area contributed by atoms with Crippen LogP contribution < -0.4 is 4.74 Å². The molecule has 2 aromatic rings. The molecule has 24 heavy (non-hydrogen) atoms. The zero-order chi connectivity index (χ0) is 16.4. The summed E-state index contributed by atoms with van der Waals surface area (Å²) in [5, 5.41) is 0.700. The molecule has 0 amide bonds. The van der Waals surface area contributed by atoms with Gasteiger partial charge >= 0.3 is 0 Å². The molecule has 0 radical (unpaired) electrons. The average molecular weight is 355 g/mol. The molecule has 0 aromatic heterocycles. The summed E-state index contributed by atoms with van der Waals surface area (Å²) in [7, 11) is 0. The number of rotatable bonds is 3. The van der Waals surface area contributed by atoms with Gasteiger partial charge in [0.2, 0.25) is 0 Å². The van der Waals surface area contributed by atoms with Crippen molar-refractivity contribution >= 4 is 35.0 Å². The van der Waals surface area contributed by atoms with Crippen LogP contribution in [0.2, 0.25) is 5.02 Å². The Labute approximate surface area is 150 Å². The Morgan fingerprint density at radius 3 is 2.46 bits per heavy atom. The van der Waals surface area contributed by atoms with E-state index in [9.17, 15) is 0 Å². The molecule has 0 saturated heterocycles. The first-order chi connectivity index (χ1) is 11.8. The molecule has 2 aliphatic heterocycles. The number of amidine groups is 1. The highest BCUT2D eigenvalue weighted by Gasteiger charge is 2.21. The van der Waals surface area contributed by atoms with E-state index in [1.165, 1.54) is 0 Å². The van der Waals surface area contributed by atoms with Crippen LogP contribution >= 0.6 is 23.5 Å². The van der Waals surface area contributed by atoms with E-state index in [2.05, 4.69) is 39.8 Å². The van der Waals surface area contributed by atoms with Crippen molar-refractivity contribution in [2.75, 3.05) is 12.3 Å². The van der Waals surface area contributed by atoms with Crippen molar-refractivity contribution in [3.63, 3.8) is 0 Å². The maximum Gasteiger partial charge on any atom is 0.148 e. The van der Waals surface area contributed by atoms with Crippen molar-refractivity contribution in [3.8, 4) is 11.5 Å². The zero-order valence-corrected chi connectivity index (χ0v) is 14.4. The van der Waals surface area contributed by atoms with Crippen LogP contribution in [-0.4, -0.2) is 23.0 Å². The number of halogens is 1. The maximum atomic E-state index is 5.89. The van der Waals surface area contributed by atoms with Gasteiger partial charge in [0.25, 0.3) is 0 Å². The van der Waals surface area contributed by atoms with Gasteiger partial charge < -0.3 is 9.64 Å². The summed E-state index contributed by atoms with van der Waals surface area (Å²) in [5.41, 5.74) is 2.27. The Hall–Kier alpha value is -2.17. The highest BCUT2D eigenvalue weighted by atomic mass is 35.5. The monoisotopic (exact) mass is 354 g/mol. The molecule has 5 heteroatoms. The lowest BCUT2D eigenvalue weighted by atomic mass is 10.0. The van der Waals surface area contributed by atoms with Gasteiger partial charge in [0, 0.05) is 29.1 Å². The molecule has 2 aromatic carbocycles. The first-order valence-corrected chi connectivity index (χ1v) is 9.01. The van der Waals surface area contributed by atoms with Gasteiger partial charge in [-0.25, -0.2) is 0 Å². The third-order valence-corrected chi connectivity index (χ3v) is 4.75. The minimum atomic E-state index is 0.700. The van der Waals surface area contributed by atoms with Gasteiger partial charge in [-0.1, -0.05) is 23.7 Å². The predicted octanol–water partition coefficient (Wildman–Crippen LogP) is 5.41. The molecule has 0 bridgehead atoms. The van der Waals surface area contributed by atoms with Gasteiger partial charge in [-0.2, -0.15) is 4.40 Å². The van der Waals surface area contributed by atoms with E-state index in [0.29, 0.717) is 5.02 Å². The minimum absolute atomic E-state index is 0.700. The number of hydrogen-bond donors (Lipinski definition) is 0. The summed E-state index contributed by atoms with van der Waals surface area (Å²) in [4.78, 5) is 2.20. The van der Waals surface area contributed by atoms with Crippen LogP contribution in [0.3, 0.4) is 0 Å². The molecule has 2 heterocycles. The largest absolute Gasteiger partial charge is 0.457 e. The fraction of sp³-hybridized carbons (Fsp3) is 0.105.